The summed E-state index contributed by atoms with van der Waals surface area (Å²) in [6.07, 6.45) is 3.88. The molecule has 88 valence electrons. The van der Waals surface area contributed by atoms with Crippen molar-refractivity contribution in [2.24, 2.45) is 0 Å². The van der Waals surface area contributed by atoms with Crippen LogP contribution in [-0.2, 0) is 6.42 Å². The number of aromatic nitrogens is 1. The molecule has 2 unspecified atom stereocenters. The molecule has 1 fully saturated rings. The van der Waals surface area contributed by atoms with E-state index in [-0.39, 0.29) is 0 Å². The molecular formula is C15H18N2. The van der Waals surface area contributed by atoms with Gasteiger partial charge in [0.1, 0.15) is 0 Å². The Kier molecular flexibility index (Phi) is 1.92. The molecule has 2 aromatic rings. The van der Waals surface area contributed by atoms with Crippen LogP contribution in [0.2, 0.25) is 0 Å². The van der Waals surface area contributed by atoms with E-state index in [9.17, 15) is 0 Å². The third-order valence-electron chi connectivity index (χ3n) is 4.69. The summed E-state index contributed by atoms with van der Waals surface area (Å²) >= 11 is 0. The van der Waals surface area contributed by atoms with Gasteiger partial charge in [-0.1, -0.05) is 18.2 Å². The lowest BCUT2D eigenvalue weighted by Gasteiger charge is -2.41. The first kappa shape index (κ1) is 9.72. The number of rotatable bonds is 0. The van der Waals surface area contributed by atoms with Gasteiger partial charge in [-0.2, -0.15) is 0 Å². The Morgan fingerprint density at radius 2 is 2.18 bits per heavy atom. The van der Waals surface area contributed by atoms with Crippen LogP contribution in [0, 0.1) is 0 Å². The van der Waals surface area contributed by atoms with Crippen molar-refractivity contribution in [3.05, 3.63) is 35.5 Å². The van der Waals surface area contributed by atoms with Crippen molar-refractivity contribution in [2.45, 2.75) is 31.2 Å². The Hall–Kier alpha value is -1.28. The molecule has 1 aliphatic carbocycles. The summed E-state index contributed by atoms with van der Waals surface area (Å²) in [4.78, 5) is 6.17. The monoisotopic (exact) mass is 226 g/mol. The van der Waals surface area contributed by atoms with E-state index in [0.717, 1.165) is 12.0 Å². The van der Waals surface area contributed by atoms with Crippen molar-refractivity contribution < 1.29 is 0 Å². The van der Waals surface area contributed by atoms with Crippen molar-refractivity contribution in [3.8, 4) is 0 Å². The minimum absolute atomic E-state index is 0.759. The van der Waals surface area contributed by atoms with Gasteiger partial charge in [-0.15, -0.1) is 0 Å². The highest BCUT2D eigenvalue weighted by Gasteiger charge is 2.35. The largest absolute Gasteiger partial charge is 0.358 e. The molecule has 0 saturated carbocycles. The molecule has 1 aromatic heterocycles. The number of nitrogens with zero attached hydrogens (tertiary/aromatic N) is 1. The molecule has 1 aromatic carbocycles. The highest BCUT2D eigenvalue weighted by Crippen LogP contribution is 2.42. The maximum absolute atomic E-state index is 3.64. The number of aromatic amines is 1. The van der Waals surface area contributed by atoms with Crippen molar-refractivity contribution in [2.75, 3.05) is 13.6 Å². The summed E-state index contributed by atoms with van der Waals surface area (Å²) in [5.74, 6) is 0.788. The lowest BCUT2D eigenvalue weighted by Crippen LogP contribution is -2.43. The molecular weight excluding hydrogens is 208 g/mol. The fourth-order valence-electron chi connectivity index (χ4n) is 3.75. The van der Waals surface area contributed by atoms with E-state index in [1.807, 2.05) is 0 Å². The third kappa shape index (κ3) is 1.31. The van der Waals surface area contributed by atoms with Gasteiger partial charge in [-0.3, -0.25) is 0 Å². The number of fused-ring (bicyclic) bond motifs is 6. The molecule has 1 saturated heterocycles. The van der Waals surface area contributed by atoms with Crippen LogP contribution in [0.15, 0.2) is 24.3 Å². The predicted molar refractivity (Wildman–Crippen MR) is 70.4 cm³/mol. The quantitative estimate of drug-likeness (QED) is 0.732. The topological polar surface area (TPSA) is 19.0 Å². The van der Waals surface area contributed by atoms with Gasteiger partial charge in [0.2, 0.25) is 0 Å². The van der Waals surface area contributed by atoms with Crippen LogP contribution in [0.5, 0.6) is 0 Å². The van der Waals surface area contributed by atoms with Gasteiger partial charge < -0.3 is 9.88 Å². The molecule has 2 bridgehead atoms. The molecule has 2 aliphatic rings. The lowest BCUT2D eigenvalue weighted by molar-refractivity contribution is 0.156. The zero-order valence-corrected chi connectivity index (χ0v) is 10.2. The first-order chi connectivity index (χ1) is 8.33. The second kappa shape index (κ2) is 3.36. The summed E-state index contributed by atoms with van der Waals surface area (Å²) in [7, 11) is 2.27. The summed E-state index contributed by atoms with van der Waals surface area (Å²) in [6.45, 7) is 1.26. The summed E-state index contributed by atoms with van der Waals surface area (Å²) in [5, 5.41) is 1.47. The van der Waals surface area contributed by atoms with Gasteiger partial charge in [0, 0.05) is 29.1 Å². The second-order valence-corrected chi connectivity index (χ2v) is 5.62. The highest BCUT2D eigenvalue weighted by atomic mass is 15.1. The van der Waals surface area contributed by atoms with E-state index in [4.69, 9.17) is 0 Å². The number of para-hydroxylation sites is 1. The van der Waals surface area contributed by atoms with Gasteiger partial charge in [0.15, 0.2) is 0 Å². The number of likely N-dealkylation sites (N-methyl/N-ethyl adjacent to an activating group) is 1. The second-order valence-electron chi connectivity index (χ2n) is 5.62. The Bertz CT molecular complexity index is 569. The fourth-order valence-corrected chi connectivity index (χ4v) is 3.75. The number of piperidine rings is 1. The van der Waals surface area contributed by atoms with Crippen LogP contribution in [0.3, 0.4) is 0 Å². The third-order valence-corrected chi connectivity index (χ3v) is 4.69. The first-order valence-electron chi connectivity index (χ1n) is 6.62. The first-order valence-corrected chi connectivity index (χ1v) is 6.62. The van der Waals surface area contributed by atoms with Gasteiger partial charge in [0.25, 0.3) is 0 Å². The Balaban J connectivity index is 1.93. The number of H-pyrrole nitrogens is 1. The molecule has 0 spiro atoms. The Morgan fingerprint density at radius 1 is 1.29 bits per heavy atom. The van der Waals surface area contributed by atoms with Gasteiger partial charge in [0.05, 0.1) is 0 Å². The number of hydrogen-bond donors (Lipinski definition) is 1. The van der Waals surface area contributed by atoms with E-state index >= 15 is 0 Å². The van der Waals surface area contributed by atoms with Crippen LogP contribution < -0.4 is 0 Å². The number of benzene rings is 1. The summed E-state index contributed by atoms with van der Waals surface area (Å²) < 4.78 is 0. The maximum Gasteiger partial charge on any atom is 0.0459 e. The zero-order valence-electron chi connectivity index (χ0n) is 10.2. The molecule has 2 heteroatoms. The fraction of sp³-hybridized carbons (Fsp3) is 0.467. The molecule has 0 radical (unpaired) electrons. The number of hydrogen-bond acceptors (Lipinski definition) is 1. The molecule has 2 nitrogen and oxygen atoms in total. The minimum atomic E-state index is 0.759. The van der Waals surface area contributed by atoms with Gasteiger partial charge in [-0.05, 0) is 44.0 Å². The summed E-state index contributed by atoms with van der Waals surface area (Å²) in [6, 6.07) is 9.54. The van der Waals surface area contributed by atoms with E-state index in [1.165, 1.54) is 42.4 Å². The molecule has 4 rings (SSSR count). The minimum Gasteiger partial charge on any atom is -0.358 e. The molecule has 17 heavy (non-hydrogen) atoms. The van der Waals surface area contributed by atoms with Crippen LogP contribution in [0.1, 0.15) is 30.0 Å². The van der Waals surface area contributed by atoms with Crippen LogP contribution in [0.4, 0.5) is 0 Å². The standard InChI is InChI=1S/C15H18N2/c1-17-7-6-10-8-11(17)9-14-15(10)12-4-2-3-5-13(12)16-14/h2-5,10-11,16H,6-9H2,1H3. The molecule has 2 heterocycles. The number of likely N-dealkylation sites (tertiary alicyclic amines) is 1. The summed E-state index contributed by atoms with van der Waals surface area (Å²) in [5.41, 5.74) is 4.46. The molecule has 2 atom stereocenters. The van der Waals surface area contributed by atoms with Crippen LogP contribution >= 0.6 is 0 Å². The SMILES string of the molecule is CN1CCC2CC1Cc1[nH]c3ccccc3c12. The van der Waals surface area contributed by atoms with Gasteiger partial charge >= 0.3 is 0 Å². The van der Waals surface area contributed by atoms with Gasteiger partial charge in [-0.25, -0.2) is 0 Å². The Labute approximate surface area is 102 Å². The smallest absolute Gasteiger partial charge is 0.0459 e. The van der Waals surface area contributed by atoms with Crippen LogP contribution in [0.25, 0.3) is 10.9 Å². The molecule has 1 aliphatic heterocycles. The van der Waals surface area contributed by atoms with Crippen molar-refractivity contribution in [1.29, 1.82) is 0 Å². The zero-order chi connectivity index (χ0) is 11.4. The molecule has 0 amide bonds. The average Bonchev–Trinajstić information content (AvgIpc) is 2.72. The van der Waals surface area contributed by atoms with E-state index < -0.39 is 0 Å². The van der Waals surface area contributed by atoms with Crippen molar-refractivity contribution in [1.82, 2.24) is 9.88 Å². The average molecular weight is 226 g/mol. The Morgan fingerprint density at radius 3 is 3.12 bits per heavy atom. The predicted octanol–water partition coefficient (Wildman–Crippen LogP) is 2.90. The van der Waals surface area contributed by atoms with Crippen molar-refractivity contribution >= 4 is 10.9 Å². The van der Waals surface area contributed by atoms with E-state index in [0.29, 0.717) is 0 Å². The van der Waals surface area contributed by atoms with Crippen molar-refractivity contribution in [3.63, 3.8) is 0 Å². The van der Waals surface area contributed by atoms with E-state index in [1.54, 1.807) is 5.56 Å². The number of nitrogens with one attached hydrogen (secondary N) is 1. The maximum atomic E-state index is 3.64. The van der Waals surface area contributed by atoms with Crippen LogP contribution in [-0.4, -0.2) is 29.5 Å². The highest BCUT2D eigenvalue weighted by molar-refractivity contribution is 5.85. The molecule has 1 N–H and O–H groups in total. The normalized spacial score (nSPS) is 28.3. The van der Waals surface area contributed by atoms with E-state index in [2.05, 4.69) is 41.2 Å². The lowest BCUT2D eigenvalue weighted by atomic mass is 9.77.